The molecular formula is C21H20NOP. The molecule has 0 amide bonds. The summed E-state index contributed by atoms with van der Waals surface area (Å²) in [6.45, 7) is 0. The smallest absolute Gasteiger partial charge is 0.123 e. The van der Waals surface area contributed by atoms with E-state index in [4.69, 9.17) is 0 Å². The van der Waals surface area contributed by atoms with Crippen LogP contribution in [0.3, 0.4) is 0 Å². The van der Waals surface area contributed by atoms with E-state index in [-0.39, 0.29) is 0 Å². The van der Waals surface area contributed by atoms with Crippen molar-refractivity contribution in [3.8, 4) is 5.75 Å². The van der Waals surface area contributed by atoms with Gasteiger partial charge in [-0.3, -0.25) is 4.99 Å². The molecule has 0 aliphatic rings. The number of hydrogen-bond acceptors (Lipinski definition) is 2. The quantitative estimate of drug-likeness (QED) is 0.561. The number of aliphatic imine (C=N–C) groups is 1. The summed E-state index contributed by atoms with van der Waals surface area (Å²) in [4.78, 5) is 4.12. The Labute approximate surface area is 144 Å². The average Bonchev–Trinajstić information content (AvgIpc) is 2.61. The van der Waals surface area contributed by atoms with Crippen LogP contribution < -0.4 is 10.6 Å². The van der Waals surface area contributed by atoms with E-state index in [1.807, 2.05) is 30.5 Å². The van der Waals surface area contributed by atoms with Gasteiger partial charge in [-0.1, -0.05) is 69.2 Å². The van der Waals surface area contributed by atoms with E-state index in [0.717, 1.165) is 17.3 Å². The number of phenolic OH excluding ortho intramolecular Hbond substituents is 1. The standard InChI is InChI=1S/C21H20NOP/c1-22-15-18-9-5-6-10-20(18)24-21-14-17(11-12-19(21)23)13-16-7-3-2-4-8-16/h2-12,14-15,23-24H,13H2,1H3. The maximum absolute atomic E-state index is 10.3. The highest BCUT2D eigenvalue weighted by Gasteiger charge is 2.07. The molecule has 0 aliphatic carbocycles. The molecule has 0 fully saturated rings. The predicted molar refractivity (Wildman–Crippen MR) is 105 cm³/mol. The Morgan fingerprint density at radius 1 is 0.875 bits per heavy atom. The fraction of sp³-hybridized carbons (Fsp3) is 0.0952. The normalized spacial score (nSPS) is 11.5. The number of nitrogens with zero attached hydrogens (tertiary/aromatic N) is 1. The third-order valence-corrected chi connectivity index (χ3v) is 5.20. The van der Waals surface area contributed by atoms with Gasteiger partial charge >= 0.3 is 0 Å². The number of hydrogen-bond donors (Lipinski definition) is 1. The fourth-order valence-electron chi connectivity index (χ4n) is 2.63. The van der Waals surface area contributed by atoms with Crippen LogP contribution in [0.25, 0.3) is 0 Å². The number of benzene rings is 3. The Balaban J connectivity index is 1.87. The molecule has 1 N–H and O–H groups in total. The molecule has 2 nitrogen and oxygen atoms in total. The molecule has 0 saturated heterocycles. The van der Waals surface area contributed by atoms with Gasteiger partial charge in [-0.2, -0.15) is 0 Å². The highest BCUT2D eigenvalue weighted by Crippen LogP contribution is 2.22. The summed E-state index contributed by atoms with van der Waals surface area (Å²) in [5.74, 6) is 0.355. The first-order valence-corrected chi connectivity index (χ1v) is 8.90. The fourth-order valence-corrected chi connectivity index (χ4v) is 3.86. The lowest BCUT2D eigenvalue weighted by Gasteiger charge is -2.10. The highest BCUT2D eigenvalue weighted by molar-refractivity contribution is 7.56. The summed E-state index contributed by atoms with van der Waals surface area (Å²) in [5, 5.41) is 12.4. The van der Waals surface area contributed by atoms with Gasteiger partial charge in [-0.05, 0) is 40.5 Å². The molecule has 0 aromatic heterocycles. The van der Waals surface area contributed by atoms with Gasteiger partial charge in [0.25, 0.3) is 0 Å². The van der Waals surface area contributed by atoms with Crippen LogP contribution in [0.15, 0.2) is 77.8 Å². The van der Waals surface area contributed by atoms with Crippen LogP contribution in [0.2, 0.25) is 0 Å². The summed E-state index contributed by atoms with van der Waals surface area (Å²) >= 11 is 0. The van der Waals surface area contributed by atoms with Crippen molar-refractivity contribution in [2.45, 2.75) is 6.42 Å². The molecule has 3 aromatic rings. The van der Waals surface area contributed by atoms with Gasteiger partial charge in [0.1, 0.15) is 5.75 Å². The third-order valence-electron chi connectivity index (χ3n) is 3.81. The third kappa shape index (κ3) is 4.10. The van der Waals surface area contributed by atoms with Gasteiger partial charge in [0.2, 0.25) is 0 Å². The second kappa shape index (κ2) is 7.90. The molecule has 0 heterocycles. The SMILES string of the molecule is CN=Cc1ccccc1Pc1cc(Cc2ccccc2)ccc1O. The van der Waals surface area contributed by atoms with Gasteiger partial charge in [0, 0.05) is 18.6 Å². The molecule has 120 valence electrons. The lowest BCUT2D eigenvalue weighted by atomic mass is 10.1. The zero-order valence-corrected chi connectivity index (χ0v) is 14.6. The Morgan fingerprint density at radius 3 is 2.42 bits per heavy atom. The maximum Gasteiger partial charge on any atom is 0.123 e. The molecule has 24 heavy (non-hydrogen) atoms. The first-order chi connectivity index (χ1) is 11.8. The minimum Gasteiger partial charge on any atom is -0.507 e. The predicted octanol–water partition coefficient (Wildman–Crippen LogP) is 3.66. The van der Waals surface area contributed by atoms with Crippen LogP contribution in [-0.4, -0.2) is 18.4 Å². The molecule has 0 aliphatic heterocycles. The van der Waals surface area contributed by atoms with Crippen LogP contribution in [-0.2, 0) is 6.42 Å². The highest BCUT2D eigenvalue weighted by atomic mass is 31.1. The Hall–Kier alpha value is -2.44. The Bertz CT molecular complexity index is 843. The van der Waals surface area contributed by atoms with Crippen molar-refractivity contribution in [3.63, 3.8) is 0 Å². The monoisotopic (exact) mass is 333 g/mol. The molecule has 0 spiro atoms. The first-order valence-electron chi connectivity index (χ1n) is 7.90. The van der Waals surface area contributed by atoms with E-state index < -0.39 is 0 Å². The van der Waals surface area contributed by atoms with Crippen molar-refractivity contribution in [3.05, 3.63) is 89.5 Å². The van der Waals surface area contributed by atoms with Crippen LogP contribution in [0, 0.1) is 0 Å². The Morgan fingerprint density at radius 2 is 1.62 bits per heavy atom. The molecule has 3 heteroatoms. The topological polar surface area (TPSA) is 32.6 Å². The molecule has 1 unspecified atom stereocenters. The van der Waals surface area contributed by atoms with E-state index in [9.17, 15) is 5.11 Å². The van der Waals surface area contributed by atoms with Gasteiger partial charge in [0.05, 0.1) is 0 Å². The van der Waals surface area contributed by atoms with Crippen LogP contribution in [0.1, 0.15) is 16.7 Å². The molecule has 3 rings (SSSR count). The van der Waals surface area contributed by atoms with Crippen molar-refractivity contribution < 1.29 is 5.11 Å². The average molecular weight is 333 g/mol. The minimum absolute atomic E-state index is 0.355. The van der Waals surface area contributed by atoms with Crippen LogP contribution in [0.4, 0.5) is 0 Å². The molecule has 0 saturated carbocycles. The van der Waals surface area contributed by atoms with Crippen LogP contribution in [0.5, 0.6) is 5.75 Å². The molecule has 0 radical (unpaired) electrons. The second-order valence-corrected chi connectivity index (χ2v) is 6.94. The van der Waals surface area contributed by atoms with Crippen molar-refractivity contribution in [1.29, 1.82) is 0 Å². The number of rotatable bonds is 5. The molecule has 0 bridgehead atoms. The zero-order valence-electron chi connectivity index (χ0n) is 13.6. The summed E-state index contributed by atoms with van der Waals surface area (Å²) < 4.78 is 0. The van der Waals surface area contributed by atoms with Crippen molar-refractivity contribution in [2.24, 2.45) is 4.99 Å². The van der Waals surface area contributed by atoms with Crippen LogP contribution >= 0.6 is 8.58 Å². The number of aromatic hydroxyl groups is 1. The van der Waals surface area contributed by atoms with E-state index in [1.54, 1.807) is 13.1 Å². The van der Waals surface area contributed by atoms with E-state index in [0.29, 0.717) is 14.3 Å². The molecular weight excluding hydrogens is 313 g/mol. The maximum atomic E-state index is 10.3. The lowest BCUT2D eigenvalue weighted by molar-refractivity contribution is 0.479. The summed E-state index contributed by atoms with van der Waals surface area (Å²) in [6.07, 6.45) is 2.74. The van der Waals surface area contributed by atoms with Gasteiger partial charge in [-0.15, -0.1) is 0 Å². The summed E-state index contributed by atoms with van der Waals surface area (Å²) in [7, 11) is 2.18. The van der Waals surface area contributed by atoms with E-state index >= 15 is 0 Å². The van der Waals surface area contributed by atoms with Crippen molar-refractivity contribution >= 4 is 25.4 Å². The largest absolute Gasteiger partial charge is 0.507 e. The first kappa shape index (κ1) is 16.4. The van der Waals surface area contributed by atoms with Gasteiger partial charge < -0.3 is 5.11 Å². The lowest BCUT2D eigenvalue weighted by Crippen LogP contribution is -2.09. The molecule has 1 atom stereocenters. The zero-order chi connectivity index (χ0) is 16.8. The number of phenols is 1. The van der Waals surface area contributed by atoms with E-state index in [1.165, 1.54) is 16.4 Å². The van der Waals surface area contributed by atoms with E-state index in [2.05, 4.69) is 47.5 Å². The van der Waals surface area contributed by atoms with Crippen molar-refractivity contribution in [1.82, 2.24) is 0 Å². The van der Waals surface area contributed by atoms with Crippen molar-refractivity contribution in [2.75, 3.05) is 7.05 Å². The van der Waals surface area contributed by atoms with Gasteiger partial charge in [0.15, 0.2) is 0 Å². The molecule has 3 aromatic carbocycles. The minimum atomic E-state index is 0.355. The summed E-state index contributed by atoms with van der Waals surface area (Å²) in [5.41, 5.74) is 3.59. The second-order valence-electron chi connectivity index (χ2n) is 5.61. The summed E-state index contributed by atoms with van der Waals surface area (Å²) in [6, 6.07) is 24.5. The Kier molecular flexibility index (Phi) is 5.40. The van der Waals surface area contributed by atoms with Gasteiger partial charge in [-0.25, -0.2) is 0 Å².